The van der Waals surface area contributed by atoms with Gasteiger partial charge in [-0.2, -0.15) is 13.2 Å². The second-order valence-electron chi connectivity index (χ2n) is 4.94. The number of anilines is 1. The Bertz CT molecular complexity index is 719. The number of hydrogen-bond acceptors (Lipinski definition) is 3. The number of amides is 1. The van der Waals surface area contributed by atoms with E-state index in [9.17, 15) is 18.0 Å². The van der Waals surface area contributed by atoms with E-state index in [-0.39, 0.29) is 5.69 Å². The molecule has 0 aliphatic carbocycles. The predicted molar refractivity (Wildman–Crippen MR) is 88.4 cm³/mol. The van der Waals surface area contributed by atoms with Gasteiger partial charge in [-0.15, -0.1) is 11.8 Å². The fourth-order valence-electron chi connectivity index (χ4n) is 2.03. The molecule has 0 heterocycles. The quantitative estimate of drug-likeness (QED) is 0.781. The van der Waals surface area contributed by atoms with E-state index in [1.165, 1.54) is 37.1 Å². The largest absolute Gasteiger partial charge is 0.496 e. The lowest BCUT2D eigenvalue weighted by molar-refractivity contribution is -0.137. The summed E-state index contributed by atoms with van der Waals surface area (Å²) >= 11 is 1.22. The first kappa shape index (κ1) is 18.2. The third kappa shape index (κ3) is 4.44. The Hall–Kier alpha value is -2.15. The molecule has 0 spiro atoms. The van der Waals surface area contributed by atoms with E-state index in [4.69, 9.17) is 4.74 Å². The number of ether oxygens (including phenoxy) is 1. The highest BCUT2D eigenvalue weighted by molar-refractivity contribution is 8.00. The molecule has 1 N–H and O–H groups in total. The number of halogens is 3. The molecule has 2 rings (SSSR count). The molecule has 0 radical (unpaired) electrons. The minimum absolute atomic E-state index is 0.248. The molecule has 3 nitrogen and oxygen atoms in total. The third-order valence-electron chi connectivity index (χ3n) is 3.23. The van der Waals surface area contributed by atoms with Gasteiger partial charge in [0.05, 0.1) is 28.5 Å². The molecular formula is C17H16F3NO2S. The van der Waals surface area contributed by atoms with Crippen LogP contribution >= 0.6 is 11.8 Å². The summed E-state index contributed by atoms with van der Waals surface area (Å²) in [4.78, 5) is 13.0. The zero-order valence-corrected chi connectivity index (χ0v) is 13.9. The second kappa shape index (κ2) is 7.61. The first-order valence-corrected chi connectivity index (χ1v) is 7.97. The summed E-state index contributed by atoms with van der Waals surface area (Å²) in [7, 11) is 1.52. The fraction of sp³-hybridized carbons (Fsp3) is 0.235. The molecule has 24 heavy (non-hydrogen) atoms. The molecule has 0 saturated carbocycles. The molecule has 0 aromatic heterocycles. The monoisotopic (exact) mass is 355 g/mol. The van der Waals surface area contributed by atoms with Gasteiger partial charge in [0.2, 0.25) is 5.91 Å². The molecule has 0 aliphatic rings. The maximum absolute atomic E-state index is 13.0. The van der Waals surface area contributed by atoms with Crippen LogP contribution < -0.4 is 10.1 Å². The molecule has 0 aliphatic heterocycles. The van der Waals surface area contributed by atoms with Crippen LogP contribution in [0.4, 0.5) is 18.9 Å². The van der Waals surface area contributed by atoms with E-state index >= 15 is 0 Å². The van der Waals surface area contributed by atoms with Crippen molar-refractivity contribution in [2.75, 3.05) is 12.4 Å². The normalized spacial score (nSPS) is 12.5. The molecule has 0 fully saturated rings. The number of methoxy groups -OCH3 is 1. The topological polar surface area (TPSA) is 38.3 Å². The van der Waals surface area contributed by atoms with E-state index in [1.54, 1.807) is 31.2 Å². The predicted octanol–water partition coefficient (Wildman–Crippen LogP) is 4.83. The molecule has 7 heteroatoms. The Labute approximate surface area is 142 Å². The van der Waals surface area contributed by atoms with Gasteiger partial charge in [0.1, 0.15) is 5.75 Å². The summed E-state index contributed by atoms with van der Waals surface area (Å²) in [5.41, 5.74) is -1.12. The Balaban J connectivity index is 2.13. The van der Waals surface area contributed by atoms with Crippen LogP contribution in [0.15, 0.2) is 53.4 Å². The van der Waals surface area contributed by atoms with Gasteiger partial charge in [-0.3, -0.25) is 4.79 Å². The maximum atomic E-state index is 13.0. The van der Waals surface area contributed by atoms with E-state index in [2.05, 4.69) is 5.32 Å². The van der Waals surface area contributed by atoms with Crippen molar-refractivity contribution in [1.82, 2.24) is 0 Å². The molecule has 128 valence electrons. The summed E-state index contributed by atoms with van der Waals surface area (Å²) in [6.45, 7) is 1.63. The fourth-order valence-corrected chi connectivity index (χ4v) is 3.01. The van der Waals surface area contributed by atoms with Crippen molar-refractivity contribution < 1.29 is 22.7 Å². The summed E-state index contributed by atoms with van der Waals surface area (Å²) in [6, 6.07) is 12.0. The maximum Gasteiger partial charge on any atom is 0.418 e. The average Bonchev–Trinajstić information content (AvgIpc) is 2.54. The number of para-hydroxylation sites is 2. The van der Waals surface area contributed by atoms with Gasteiger partial charge < -0.3 is 10.1 Å². The molecule has 1 unspecified atom stereocenters. The summed E-state index contributed by atoms with van der Waals surface area (Å²) in [5, 5.41) is 1.76. The Morgan fingerprint density at radius 3 is 2.42 bits per heavy atom. The number of thioether (sulfide) groups is 1. The molecule has 0 bridgehead atoms. The van der Waals surface area contributed by atoms with Crippen molar-refractivity contribution in [3.05, 3.63) is 54.1 Å². The van der Waals surface area contributed by atoms with Crippen LogP contribution in [-0.2, 0) is 11.0 Å². The van der Waals surface area contributed by atoms with E-state index < -0.39 is 22.9 Å². The van der Waals surface area contributed by atoms with E-state index in [0.717, 1.165) is 11.0 Å². The van der Waals surface area contributed by atoms with Gasteiger partial charge >= 0.3 is 6.18 Å². The van der Waals surface area contributed by atoms with Gasteiger partial charge in [0.15, 0.2) is 0 Å². The van der Waals surface area contributed by atoms with Crippen LogP contribution in [0.3, 0.4) is 0 Å². The molecule has 2 aromatic carbocycles. The lowest BCUT2D eigenvalue weighted by atomic mass is 10.1. The van der Waals surface area contributed by atoms with Crippen molar-refractivity contribution in [3.63, 3.8) is 0 Å². The first-order valence-electron chi connectivity index (χ1n) is 7.09. The van der Waals surface area contributed by atoms with Gasteiger partial charge in [-0.1, -0.05) is 24.3 Å². The lowest BCUT2D eigenvalue weighted by Crippen LogP contribution is -2.24. The number of benzene rings is 2. The molecule has 2 aromatic rings. The lowest BCUT2D eigenvalue weighted by Gasteiger charge is -2.17. The highest BCUT2D eigenvalue weighted by Crippen LogP contribution is 2.36. The number of carbonyl (C=O) groups is 1. The van der Waals surface area contributed by atoms with Crippen LogP contribution in [0, 0.1) is 0 Å². The van der Waals surface area contributed by atoms with Crippen LogP contribution in [0.25, 0.3) is 0 Å². The van der Waals surface area contributed by atoms with Crippen LogP contribution in [0.2, 0.25) is 0 Å². The third-order valence-corrected chi connectivity index (χ3v) is 4.39. The second-order valence-corrected chi connectivity index (χ2v) is 6.33. The molecule has 1 amide bonds. The smallest absolute Gasteiger partial charge is 0.418 e. The number of alkyl halides is 3. The van der Waals surface area contributed by atoms with Crippen molar-refractivity contribution in [3.8, 4) is 5.75 Å². The number of nitrogens with one attached hydrogen (secondary N) is 1. The van der Waals surface area contributed by atoms with Crippen molar-refractivity contribution in [2.45, 2.75) is 23.2 Å². The van der Waals surface area contributed by atoms with Crippen molar-refractivity contribution in [2.24, 2.45) is 0 Å². The summed E-state index contributed by atoms with van der Waals surface area (Å²) in [5.74, 6) is 0.0976. The van der Waals surface area contributed by atoms with Crippen LogP contribution in [0.5, 0.6) is 5.75 Å². The zero-order chi connectivity index (χ0) is 17.7. The molecule has 0 saturated heterocycles. The highest BCUT2D eigenvalue weighted by atomic mass is 32.2. The summed E-state index contributed by atoms with van der Waals surface area (Å²) < 4.78 is 44.1. The van der Waals surface area contributed by atoms with Gasteiger partial charge in [0.25, 0.3) is 0 Å². The number of hydrogen-bond donors (Lipinski definition) is 1. The first-order chi connectivity index (χ1) is 11.3. The number of rotatable bonds is 5. The minimum atomic E-state index is -4.52. The zero-order valence-electron chi connectivity index (χ0n) is 13.1. The van der Waals surface area contributed by atoms with Gasteiger partial charge in [-0.05, 0) is 31.2 Å². The SMILES string of the molecule is COc1ccccc1SC(C)C(=O)Nc1ccccc1C(F)(F)F. The number of carbonyl (C=O) groups excluding carboxylic acids is 1. The van der Waals surface area contributed by atoms with Crippen LogP contribution in [-0.4, -0.2) is 18.3 Å². The Kier molecular flexibility index (Phi) is 5.77. The van der Waals surface area contributed by atoms with Crippen molar-refractivity contribution >= 4 is 23.4 Å². The van der Waals surface area contributed by atoms with Crippen LogP contribution in [0.1, 0.15) is 12.5 Å². The minimum Gasteiger partial charge on any atom is -0.496 e. The highest BCUT2D eigenvalue weighted by Gasteiger charge is 2.33. The Morgan fingerprint density at radius 2 is 1.75 bits per heavy atom. The molecular weight excluding hydrogens is 339 g/mol. The Morgan fingerprint density at radius 1 is 1.12 bits per heavy atom. The van der Waals surface area contributed by atoms with E-state index in [0.29, 0.717) is 5.75 Å². The van der Waals surface area contributed by atoms with Crippen molar-refractivity contribution in [1.29, 1.82) is 0 Å². The van der Waals surface area contributed by atoms with Gasteiger partial charge in [-0.25, -0.2) is 0 Å². The van der Waals surface area contributed by atoms with E-state index in [1.807, 2.05) is 0 Å². The summed E-state index contributed by atoms with van der Waals surface area (Å²) in [6.07, 6.45) is -4.52. The standard InChI is InChI=1S/C17H16F3NO2S/c1-11(24-15-10-6-5-9-14(15)23-2)16(22)21-13-8-4-3-7-12(13)17(18,19)20/h3-11H,1-2H3,(H,21,22). The molecule has 1 atom stereocenters. The van der Waals surface area contributed by atoms with Gasteiger partial charge in [0, 0.05) is 0 Å². The average molecular weight is 355 g/mol.